The number of hydrogen-bond donors (Lipinski definition) is 1. The third kappa shape index (κ3) is 4.49. The quantitative estimate of drug-likeness (QED) is 0.837. The van der Waals surface area contributed by atoms with E-state index in [9.17, 15) is 14.3 Å². The lowest BCUT2D eigenvalue weighted by molar-refractivity contribution is -0.137. The molecule has 0 bridgehead atoms. The summed E-state index contributed by atoms with van der Waals surface area (Å²) in [5.41, 5.74) is 0.658. The molecule has 1 unspecified atom stereocenters. The summed E-state index contributed by atoms with van der Waals surface area (Å²) in [6.45, 7) is 3.15. The Hall–Kier alpha value is -1.50. The lowest BCUT2D eigenvalue weighted by atomic mass is 10.1. The zero-order chi connectivity index (χ0) is 15.2. The standard InChI is InChI=1S/C15H21FN2O3/c1-21-9-8-18-7-6-17(11-15(18)20)10-14(19)12-2-4-13(16)5-3-12/h2-5,14,19H,6-11H2,1H3. The van der Waals surface area contributed by atoms with Crippen molar-refractivity contribution in [2.75, 3.05) is 46.4 Å². The second kappa shape index (κ2) is 7.49. The van der Waals surface area contributed by atoms with E-state index in [1.807, 2.05) is 4.90 Å². The summed E-state index contributed by atoms with van der Waals surface area (Å²) in [7, 11) is 1.61. The normalized spacial score (nSPS) is 18.0. The maximum atomic E-state index is 12.9. The number of aliphatic hydroxyl groups is 1. The van der Waals surface area contributed by atoms with Crippen molar-refractivity contribution in [1.82, 2.24) is 9.80 Å². The van der Waals surface area contributed by atoms with E-state index < -0.39 is 6.10 Å². The Bertz CT molecular complexity index is 466. The molecule has 0 saturated carbocycles. The van der Waals surface area contributed by atoms with Crippen molar-refractivity contribution in [3.05, 3.63) is 35.6 Å². The minimum atomic E-state index is -0.719. The molecule has 21 heavy (non-hydrogen) atoms. The summed E-state index contributed by atoms with van der Waals surface area (Å²) in [5.74, 6) is -0.280. The third-order valence-electron chi connectivity index (χ3n) is 3.65. The number of carbonyl (C=O) groups is 1. The van der Waals surface area contributed by atoms with Crippen LogP contribution in [-0.4, -0.2) is 67.3 Å². The van der Waals surface area contributed by atoms with Gasteiger partial charge in [-0.15, -0.1) is 0 Å². The van der Waals surface area contributed by atoms with Crippen LogP contribution in [0.5, 0.6) is 0 Å². The first-order valence-corrected chi connectivity index (χ1v) is 7.02. The molecule has 5 nitrogen and oxygen atoms in total. The van der Waals surface area contributed by atoms with Gasteiger partial charge in [0.05, 0.1) is 19.3 Å². The molecule has 0 aromatic heterocycles. The molecule has 1 aliphatic rings. The maximum absolute atomic E-state index is 12.9. The van der Waals surface area contributed by atoms with Crippen molar-refractivity contribution in [3.63, 3.8) is 0 Å². The molecule has 1 fully saturated rings. The van der Waals surface area contributed by atoms with Crippen molar-refractivity contribution in [2.24, 2.45) is 0 Å². The molecule has 6 heteroatoms. The summed E-state index contributed by atoms with van der Waals surface area (Å²) >= 11 is 0. The van der Waals surface area contributed by atoms with Gasteiger partial charge < -0.3 is 14.7 Å². The molecule has 0 spiro atoms. The van der Waals surface area contributed by atoms with Crippen LogP contribution in [0.2, 0.25) is 0 Å². The van der Waals surface area contributed by atoms with Gasteiger partial charge in [-0.3, -0.25) is 9.69 Å². The lowest BCUT2D eigenvalue weighted by Crippen LogP contribution is -2.51. The highest BCUT2D eigenvalue weighted by Crippen LogP contribution is 2.16. The Balaban J connectivity index is 1.84. The van der Waals surface area contributed by atoms with Crippen molar-refractivity contribution < 1.29 is 19.0 Å². The van der Waals surface area contributed by atoms with Gasteiger partial charge in [-0.2, -0.15) is 0 Å². The van der Waals surface area contributed by atoms with Gasteiger partial charge in [0.2, 0.25) is 5.91 Å². The molecule has 1 atom stereocenters. The predicted octanol–water partition coefficient (Wildman–Crippen LogP) is 0.650. The average molecular weight is 296 g/mol. The Labute approximate surface area is 123 Å². The predicted molar refractivity (Wildman–Crippen MR) is 76.3 cm³/mol. The summed E-state index contributed by atoms with van der Waals surface area (Å²) < 4.78 is 17.8. The van der Waals surface area contributed by atoms with Crippen LogP contribution in [0.25, 0.3) is 0 Å². The summed E-state index contributed by atoms with van der Waals surface area (Å²) in [5, 5.41) is 10.1. The molecule has 0 radical (unpaired) electrons. The third-order valence-corrected chi connectivity index (χ3v) is 3.65. The fourth-order valence-electron chi connectivity index (χ4n) is 2.39. The Morgan fingerprint density at radius 2 is 2.05 bits per heavy atom. The molecule has 1 heterocycles. The Morgan fingerprint density at radius 3 is 2.67 bits per heavy atom. The second-order valence-electron chi connectivity index (χ2n) is 5.18. The van der Waals surface area contributed by atoms with Crippen LogP contribution < -0.4 is 0 Å². The highest BCUT2D eigenvalue weighted by Gasteiger charge is 2.25. The molecule has 1 aliphatic heterocycles. The van der Waals surface area contributed by atoms with Gasteiger partial charge >= 0.3 is 0 Å². The fourth-order valence-corrected chi connectivity index (χ4v) is 2.39. The first-order chi connectivity index (χ1) is 10.1. The molecule has 1 aromatic rings. The molecule has 1 N–H and O–H groups in total. The average Bonchev–Trinajstić information content (AvgIpc) is 2.47. The minimum Gasteiger partial charge on any atom is -0.387 e. The van der Waals surface area contributed by atoms with Crippen LogP contribution in [-0.2, 0) is 9.53 Å². The van der Waals surface area contributed by atoms with Gasteiger partial charge in [-0.05, 0) is 17.7 Å². The number of halogens is 1. The number of nitrogens with zero attached hydrogens (tertiary/aromatic N) is 2. The Kier molecular flexibility index (Phi) is 5.67. The highest BCUT2D eigenvalue weighted by atomic mass is 19.1. The van der Waals surface area contributed by atoms with Crippen LogP contribution in [0.1, 0.15) is 11.7 Å². The van der Waals surface area contributed by atoms with Crippen LogP contribution >= 0.6 is 0 Å². The van der Waals surface area contributed by atoms with Crippen LogP contribution in [0.4, 0.5) is 4.39 Å². The molecular formula is C15H21FN2O3. The molecule has 1 saturated heterocycles. The number of rotatable bonds is 6. The van der Waals surface area contributed by atoms with Crippen molar-refractivity contribution in [2.45, 2.75) is 6.10 Å². The van der Waals surface area contributed by atoms with Crippen LogP contribution in [0.15, 0.2) is 24.3 Å². The first kappa shape index (κ1) is 15.9. The van der Waals surface area contributed by atoms with E-state index in [0.29, 0.717) is 44.9 Å². The van der Waals surface area contributed by atoms with Gasteiger partial charge in [-0.25, -0.2) is 4.39 Å². The maximum Gasteiger partial charge on any atom is 0.236 e. The summed E-state index contributed by atoms with van der Waals surface area (Å²) in [6.07, 6.45) is -0.719. The van der Waals surface area contributed by atoms with E-state index >= 15 is 0 Å². The number of amides is 1. The summed E-state index contributed by atoms with van der Waals surface area (Å²) in [6, 6.07) is 5.78. The van der Waals surface area contributed by atoms with Crippen LogP contribution in [0, 0.1) is 5.82 Å². The molecule has 116 valence electrons. The van der Waals surface area contributed by atoms with Crippen LogP contribution in [0.3, 0.4) is 0 Å². The number of carbonyl (C=O) groups excluding carboxylic acids is 1. The van der Waals surface area contributed by atoms with Gasteiger partial charge in [0.15, 0.2) is 0 Å². The molecule has 1 aromatic carbocycles. The van der Waals surface area contributed by atoms with Gasteiger partial charge in [0.25, 0.3) is 0 Å². The number of methoxy groups -OCH3 is 1. The molecule has 2 rings (SSSR count). The van der Waals surface area contributed by atoms with Crippen molar-refractivity contribution >= 4 is 5.91 Å². The van der Waals surface area contributed by atoms with E-state index in [4.69, 9.17) is 4.74 Å². The van der Waals surface area contributed by atoms with E-state index in [2.05, 4.69) is 0 Å². The number of benzene rings is 1. The molecular weight excluding hydrogens is 275 g/mol. The van der Waals surface area contributed by atoms with Crippen molar-refractivity contribution in [1.29, 1.82) is 0 Å². The van der Waals surface area contributed by atoms with Gasteiger partial charge in [0.1, 0.15) is 5.82 Å². The number of piperazine rings is 1. The zero-order valence-electron chi connectivity index (χ0n) is 12.2. The van der Waals surface area contributed by atoms with E-state index in [1.165, 1.54) is 12.1 Å². The SMILES string of the molecule is COCCN1CCN(CC(O)c2ccc(F)cc2)CC1=O. The molecule has 0 aliphatic carbocycles. The second-order valence-corrected chi connectivity index (χ2v) is 5.18. The number of hydrogen-bond acceptors (Lipinski definition) is 4. The summed E-state index contributed by atoms with van der Waals surface area (Å²) in [4.78, 5) is 15.7. The number of ether oxygens (including phenoxy) is 1. The van der Waals surface area contributed by atoms with E-state index in [1.54, 1.807) is 24.1 Å². The Morgan fingerprint density at radius 1 is 1.33 bits per heavy atom. The topological polar surface area (TPSA) is 53.0 Å². The largest absolute Gasteiger partial charge is 0.387 e. The zero-order valence-corrected chi connectivity index (χ0v) is 12.2. The minimum absolute atomic E-state index is 0.0459. The smallest absolute Gasteiger partial charge is 0.236 e. The number of β-amino-alcohol motifs (C(OH)–C–C–N with tert-alkyl or cyclic N) is 1. The lowest BCUT2D eigenvalue weighted by Gasteiger charge is -2.35. The van der Waals surface area contributed by atoms with E-state index in [0.717, 1.165) is 0 Å². The van der Waals surface area contributed by atoms with Crippen molar-refractivity contribution in [3.8, 4) is 0 Å². The highest BCUT2D eigenvalue weighted by molar-refractivity contribution is 5.79. The fraction of sp³-hybridized carbons (Fsp3) is 0.533. The number of aliphatic hydroxyl groups excluding tert-OH is 1. The van der Waals surface area contributed by atoms with Gasteiger partial charge in [-0.1, -0.05) is 12.1 Å². The monoisotopic (exact) mass is 296 g/mol. The molecule has 1 amide bonds. The first-order valence-electron chi connectivity index (χ1n) is 7.02. The van der Waals surface area contributed by atoms with Gasteiger partial charge in [0, 0.05) is 33.3 Å². The van der Waals surface area contributed by atoms with E-state index in [-0.39, 0.29) is 11.7 Å².